The van der Waals surface area contributed by atoms with Gasteiger partial charge in [0.15, 0.2) is 5.82 Å². The summed E-state index contributed by atoms with van der Waals surface area (Å²) in [6.07, 6.45) is 0.986. The molecule has 1 aliphatic rings. The van der Waals surface area contributed by atoms with E-state index in [9.17, 15) is 9.59 Å². The van der Waals surface area contributed by atoms with Gasteiger partial charge < -0.3 is 10.6 Å². The molecule has 0 aromatic carbocycles. The molecule has 7 nitrogen and oxygen atoms in total. The molecule has 1 aromatic heterocycles. The van der Waals surface area contributed by atoms with E-state index in [1.54, 1.807) is 13.8 Å². The summed E-state index contributed by atoms with van der Waals surface area (Å²) < 4.78 is 0. The van der Waals surface area contributed by atoms with Crippen LogP contribution in [0.4, 0.5) is 10.6 Å². The number of rotatable bonds is 5. The molecule has 7 heteroatoms. The number of hydrogen-bond acceptors (Lipinski definition) is 5. The van der Waals surface area contributed by atoms with Crippen molar-refractivity contribution < 1.29 is 9.59 Å². The number of carbonyl (C=O) groups is 2. The van der Waals surface area contributed by atoms with E-state index in [-0.39, 0.29) is 12.5 Å². The second-order valence-corrected chi connectivity index (χ2v) is 5.68. The Morgan fingerprint density at radius 2 is 2.05 bits per heavy atom. The van der Waals surface area contributed by atoms with Crippen molar-refractivity contribution in [2.75, 3.05) is 11.9 Å². The third-order valence-corrected chi connectivity index (χ3v) is 3.20. The molecule has 0 spiro atoms. The van der Waals surface area contributed by atoms with E-state index in [0.29, 0.717) is 11.6 Å². The first-order valence-corrected chi connectivity index (χ1v) is 7.06. The first kappa shape index (κ1) is 15.2. The molecule has 0 saturated carbocycles. The van der Waals surface area contributed by atoms with Gasteiger partial charge in [-0.15, -0.1) is 0 Å². The fraction of sp³-hybridized carbons (Fsp3) is 0.571. The topological polar surface area (TPSA) is 87.2 Å². The smallest absolute Gasteiger partial charge is 0.325 e. The van der Waals surface area contributed by atoms with E-state index in [1.165, 1.54) is 0 Å². The molecule has 1 aromatic rings. The summed E-state index contributed by atoms with van der Waals surface area (Å²) >= 11 is 0. The number of anilines is 1. The molecule has 1 aliphatic heterocycles. The number of amides is 3. The van der Waals surface area contributed by atoms with Gasteiger partial charge in [-0.05, 0) is 27.2 Å². The lowest BCUT2D eigenvalue weighted by molar-refractivity contribution is -0.130. The van der Waals surface area contributed by atoms with Gasteiger partial charge in [0.05, 0.1) is 6.54 Å². The van der Waals surface area contributed by atoms with Crippen LogP contribution in [-0.2, 0) is 11.3 Å². The quantitative estimate of drug-likeness (QED) is 0.801. The van der Waals surface area contributed by atoms with Gasteiger partial charge in [-0.25, -0.2) is 14.8 Å². The minimum absolute atomic E-state index is 0.0799. The predicted octanol–water partition coefficient (Wildman–Crippen LogP) is 1.44. The SMILES string of the molecule is CCCNc1cc(C)nc(CN2C(=O)NC(C)(C)C2=O)n1. The van der Waals surface area contributed by atoms with E-state index >= 15 is 0 Å². The Bertz CT molecular complexity index is 570. The molecule has 1 fully saturated rings. The Morgan fingerprint density at radius 3 is 2.62 bits per heavy atom. The van der Waals surface area contributed by atoms with Crippen molar-refractivity contribution in [1.29, 1.82) is 0 Å². The largest absolute Gasteiger partial charge is 0.370 e. The van der Waals surface area contributed by atoms with Crippen molar-refractivity contribution >= 4 is 17.8 Å². The number of imide groups is 1. The van der Waals surface area contributed by atoms with E-state index in [1.807, 2.05) is 13.0 Å². The average Bonchev–Trinajstić information content (AvgIpc) is 2.58. The summed E-state index contributed by atoms with van der Waals surface area (Å²) in [5.74, 6) is 0.904. The summed E-state index contributed by atoms with van der Waals surface area (Å²) in [4.78, 5) is 33.8. The zero-order valence-electron chi connectivity index (χ0n) is 12.9. The van der Waals surface area contributed by atoms with E-state index < -0.39 is 11.6 Å². The lowest BCUT2D eigenvalue weighted by Gasteiger charge is -2.16. The van der Waals surface area contributed by atoms with Crippen LogP contribution in [0.5, 0.6) is 0 Å². The van der Waals surface area contributed by atoms with Crippen molar-refractivity contribution in [3.63, 3.8) is 0 Å². The van der Waals surface area contributed by atoms with Crippen molar-refractivity contribution in [1.82, 2.24) is 20.2 Å². The van der Waals surface area contributed by atoms with Gasteiger partial charge >= 0.3 is 6.03 Å². The lowest BCUT2D eigenvalue weighted by atomic mass is 10.1. The van der Waals surface area contributed by atoms with Gasteiger partial charge in [0.25, 0.3) is 5.91 Å². The summed E-state index contributed by atoms with van der Waals surface area (Å²) in [6, 6.07) is 1.44. The van der Waals surface area contributed by atoms with Crippen LogP contribution in [0.15, 0.2) is 6.07 Å². The van der Waals surface area contributed by atoms with Crippen LogP contribution in [0.1, 0.15) is 38.7 Å². The van der Waals surface area contributed by atoms with E-state index in [4.69, 9.17) is 0 Å². The van der Waals surface area contributed by atoms with Crippen molar-refractivity contribution in [3.8, 4) is 0 Å². The van der Waals surface area contributed by atoms with E-state index in [2.05, 4.69) is 27.5 Å². The van der Waals surface area contributed by atoms with Gasteiger partial charge in [-0.3, -0.25) is 9.69 Å². The van der Waals surface area contributed by atoms with Crippen LogP contribution in [-0.4, -0.2) is 38.9 Å². The molecule has 114 valence electrons. The standard InChI is InChI=1S/C14H21N5O2/c1-5-6-15-10-7-9(2)16-11(17-10)8-19-12(20)14(3,4)18-13(19)21/h7H,5-6,8H2,1-4H3,(H,18,21)(H,15,16,17). The molecule has 0 atom stereocenters. The molecule has 2 rings (SSSR count). The third-order valence-electron chi connectivity index (χ3n) is 3.20. The Morgan fingerprint density at radius 1 is 1.33 bits per heavy atom. The zero-order valence-corrected chi connectivity index (χ0v) is 12.9. The first-order chi connectivity index (χ1) is 9.83. The zero-order chi connectivity index (χ0) is 15.6. The molecule has 0 unspecified atom stereocenters. The number of carbonyl (C=O) groups excluding carboxylic acids is 2. The Kier molecular flexibility index (Phi) is 4.11. The van der Waals surface area contributed by atoms with Gasteiger partial charge in [-0.1, -0.05) is 6.92 Å². The normalized spacial score (nSPS) is 17.0. The van der Waals surface area contributed by atoms with Gasteiger partial charge in [0.1, 0.15) is 11.4 Å². The number of nitrogens with one attached hydrogen (secondary N) is 2. The number of hydrogen-bond donors (Lipinski definition) is 2. The van der Waals surface area contributed by atoms with Crippen molar-refractivity contribution in [2.45, 2.75) is 46.2 Å². The minimum atomic E-state index is -0.871. The highest BCUT2D eigenvalue weighted by Crippen LogP contribution is 2.18. The maximum absolute atomic E-state index is 12.2. The fourth-order valence-corrected chi connectivity index (χ4v) is 2.15. The Labute approximate surface area is 124 Å². The molecule has 21 heavy (non-hydrogen) atoms. The first-order valence-electron chi connectivity index (χ1n) is 7.06. The molecule has 0 radical (unpaired) electrons. The Hall–Kier alpha value is -2.18. The van der Waals surface area contributed by atoms with E-state index in [0.717, 1.165) is 23.6 Å². The van der Waals surface area contributed by atoms with Gasteiger partial charge in [0, 0.05) is 18.3 Å². The van der Waals surface area contributed by atoms with Crippen LogP contribution in [0.25, 0.3) is 0 Å². The molecular weight excluding hydrogens is 270 g/mol. The summed E-state index contributed by atoms with van der Waals surface area (Å²) in [5.41, 5.74) is -0.0746. The van der Waals surface area contributed by atoms with Gasteiger partial charge in [0.2, 0.25) is 0 Å². The summed E-state index contributed by atoms with van der Waals surface area (Å²) in [5, 5.41) is 5.83. The number of aromatic nitrogens is 2. The van der Waals surface area contributed by atoms with Crippen LogP contribution < -0.4 is 10.6 Å². The van der Waals surface area contributed by atoms with Crippen molar-refractivity contribution in [2.24, 2.45) is 0 Å². The highest BCUT2D eigenvalue weighted by Gasteiger charge is 2.44. The van der Waals surface area contributed by atoms with Crippen LogP contribution in [0.3, 0.4) is 0 Å². The molecule has 2 N–H and O–H groups in total. The fourth-order valence-electron chi connectivity index (χ4n) is 2.15. The number of nitrogens with zero attached hydrogens (tertiary/aromatic N) is 3. The van der Waals surface area contributed by atoms with Crippen molar-refractivity contribution in [3.05, 3.63) is 17.6 Å². The monoisotopic (exact) mass is 291 g/mol. The highest BCUT2D eigenvalue weighted by molar-refractivity contribution is 6.06. The second kappa shape index (κ2) is 5.67. The molecular formula is C14H21N5O2. The van der Waals surface area contributed by atoms with Crippen LogP contribution in [0.2, 0.25) is 0 Å². The highest BCUT2D eigenvalue weighted by atomic mass is 16.2. The van der Waals surface area contributed by atoms with Crippen LogP contribution in [0, 0.1) is 6.92 Å². The third kappa shape index (κ3) is 3.29. The molecule has 3 amide bonds. The number of urea groups is 1. The molecule has 1 saturated heterocycles. The predicted molar refractivity (Wildman–Crippen MR) is 78.7 cm³/mol. The maximum Gasteiger partial charge on any atom is 0.325 e. The summed E-state index contributed by atoms with van der Waals surface area (Å²) in [6.45, 7) is 8.18. The lowest BCUT2D eigenvalue weighted by Crippen LogP contribution is -2.40. The second-order valence-electron chi connectivity index (χ2n) is 5.68. The molecule has 2 heterocycles. The average molecular weight is 291 g/mol. The Balaban J connectivity index is 2.18. The molecule has 0 aliphatic carbocycles. The molecule has 0 bridgehead atoms. The van der Waals surface area contributed by atoms with Crippen LogP contribution >= 0.6 is 0 Å². The number of aryl methyl sites for hydroxylation is 1. The van der Waals surface area contributed by atoms with Gasteiger partial charge in [-0.2, -0.15) is 0 Å². The minimum Gasteiger partial charge on any atom is -0.370 e. The summed E-state index contributed by atoms with van der Waals surface area (Å²) in [7, 11) is 0. The maximum atomic E-state index is 12.2.